The van der Waals surface area contributed by atoms with Gasteiger partial charge in [-0.2, -0.15) is 0 Å². The predicted octanol–water partition coefficient (Wildman–Crippen LogP) is 4.00. The van der Waals surface area contributed by atoms with Gasteiger partial charge in [-0.1, -0.05) is 60.7 Å². The first-order valence-corrected chi connectivity index (χ1v) is 12.5. The Balaban J connectivity index is 1.37. The highest BCUT2D eigenvalue weighted by molar-refractivity contribution is 6.02. The van der Waals surface area contributed by atoms with Crippen LogP contribution in [0, 0.1) is 0 Å². The second kappa shape index (κ2) is 9.84. The van der Waals surface area contributed by atoms with E-state index in [1.54, 1.807) is 18.3 Å². The molecule has 0 bridgehead atoms. The summed E-state index contributed by atoms with van der Waals surface area (Å²) in [5.74, 6) is 1.86. The van der Waals surface area contributed by atoms with E-state index in [0.717, 1.165) is 66.6 Å². The minimum atomic E-state index is 0.838. The average Bonchev–Trinajstić information content (AvgIpc) is 3.35. The Bertz CT molecular complexity index is 1440. The van der Waals surface area contributed by atoms with Crippen molar-refractivity contribution in [3.8, 4) is 22.6 Å². The molecule has 0 amide bonds. The molecule has 0 saturated carbocycles. The van der Waals surface area contributed by atoms with Crippen LogP contribution in [0.3, 0.4) is 0 Å². The number of anilines is 1. The summed E-state index contributed by atoms with van der Waals surface area (Å²) < 4.78 is 7.53. The number of ether oxygens (including phenoxy) is 1. The van der Waals surface area contributed by atoms with Crippen LogP contribution in [0.4, 0.5) is 5.82 Å². The van der Waals surface area contributed by atoms with Gasteiger partial charge < -0.3 is 19.1 Å². The molecular weight excluding hydrogens is 446 g/mol. The monoisotopic (exact) mass is 476 g/mol. The third-order valence-corrected chi connectivity index (χ3v) is 7.07. The fourth-order valence-electron chi connectivity index (χ4n) is 5.16. The van der Waals surface area contributed by atoms with Gasteiger partial charge in [-0.3, -0.25) is 0 Å². The maximum atomic E-state index is 5.37. The number of methoxy groups -OCH3 is 1. The molecule has 1 N–H and O–H groups in total. The summed E-state index contributed by atoms with van der Waals surface area (Å²) in [6.07, 6.45) is 3.90. The van der Waals surface area contributed by atoms with Crippen molar-refractivity contribution in [3.05, 3.63) is 103 Å². The van der Waals surface area contributed by atoms with E-state index in [4.69, 9.17) is 14.7 Å². The number of benzene rings is 3. The molecule has 5 aromatic rings. The Labute approximate surface area is 211 Å². The Morgan fingerprint density at radius 1 is 0.833 bits per heavy atom. The molecule has 0 atom stereocenters. The normalized spacial score (nSPS) is 14.3. The summed E-state index contributed by atoms with van der Waals surface area (Å²) in [4.78, 5) is 13.6. The molecule has 2 aromatic heterocycles. The molecule has 3 heterocycles. The van der Waals surface area contributed by atoms with Crippen molar-refractivity contribution in [2.45, 2.75) is 6.54 Å². The summed E-state index contributed by atoms with van der Waals surface area (Å²) in [6, 6.07) is 29.4. The number of quaternary nitrogens is 1. The second-order valence-corrected chi connectivity index (χ2v) is 9.27. The minimum Gasteiger partial charge on any atom is -0.497 e. The fourth-order valence-corrected chi connectivity index (χ4v) is 5.16. The highest BCUT2D eigenvalue weighted by Crippen LogP contribution is 2.36. The van der Waals surface area contributed by atoms with Crippen molar-refractivity contribution in [1.82, 2.24) is 14.5 Å². The van der Waals surface area contributed by atoms with Crippen molar-refractivity contribution >= 4 is 16.9 Å². The van der Waals surface area contributed by atoms with Crippen LogP contribution in [0.25, 0.3) is 27.8 Å². The summed E-state index contributed by atoms with van der Waals surface area (Å²) in [5, 5.41) is 1.10. The van der Waals surface area contributed by atoms with Crippen LogP contribution in [0.2, 0.25) is 0 Å². The fraction of sp³-hybridized carbons (Fsp3) is 0.200. The molecule has 6 heteroatoms. The van der Waals surface area contributed by atoms with Gasteiger partial charge >= 0.3 is 0 Å². The summed E-state index contributed by atoms with van der Waals surface area (Å²) >= 11 is 0. The van der Waals surface area contributed by atoms with Crippen LogP contribution in [0.5, 0.6) is 5.75 Å². The average molecular weight is 477 g/mol. The molecule has 0 aliphatic carbocycles. The number of aromatic nitrogens is 3. The van der Waals surface area contributed by atoms with E-state index < -0.39 is 0 Å². The molecule has 180 valence electrons. The maximum absolute atomic E-state index is 5.37. The molecule has 0 unspecified atom stereocenters. The van der Waals surface area contributed by atoms with E-state index in [9.17, 15) is 0 Å². The Morgan fingerprint density at radius 3 is 2.22 bits per heavy atom. The van der Waals surface area contributed by atoms with E-state index >= 15 is 0 Å². The maximum Gasteiger partial charge on any atom is 0.150 e. The zero-order valence-corrected chi connectivity index (χ0v) is 20.5. The lowest BCUT2D eigenvalue weighted by Crippen LogP contribution is -3.13. The molecule has 36 heavy (non-hydrogen) atoms. The van der Waals surface area contributed by atoms with E-state index in [1.807, 2.05) is 12.1 Å². The summed E-state index contributed by atoms with van der Waals surface area (Å²) in [7, 11) is 1.69. The van der Waals surface area contributed by atoms with E-state index in [0.29, 0.717) is 0 Å². The van der Waals surface area contributed by atoms with Crippen molar-refractivity contribution in [2.75, 3.05) is 38.2 Å². The molecule has 1 saturated heterocycles. The van der Waals surface area contributed by atoms with Gasteiger partial charge in [0.05, 0.1) is 38.7 Å². The third-order valence-electron chi connectivity index (χ3n) is 7.07. The van der Waals surface area contributed by atoms with Gasteiger partial charge in [-0.25, -0.2) is 9.97 Å². The lowest BCUT2D eigenvalue weighted by atomic mass is 10.1. The van der Waals surface area contributed by atoms with Crippen LogP contribution < -0.4 is 14.5 Å². The molecule has 1 fully saturated rings. The van der Waals surface area contributed by atoms with Crippen LogP contribution in [-0.4, -0.2) is 47.8 Å². The highest BCUT2D eigenvalue weighted by atomic mass is 16.5. The molecule has 1 aliphatic rings. The number of rotatable bonds is 6. The second-order valence-electron chi connectivity index (χ2n) is 9.27. The number of nitrogens with zero attached hydrogens (tertiary/aromatic N) is 4. The summed E-state index contributed by atoms with van der Waals surface area (Å²) in [5.41, 5.74) is 5.68. The van der Waals surface area contributed by atoms with Crippen LogP contribution in [0.15, 0.2) is 97.5 Å². The topological polar surface area (TPSA) is 47.6 Å². The van der Waals surface area contributed by atoms with Gasteiger partial charge in [0.2, 0.25) is 0 Å². The smallest absolute Gasteiger partial charge is 0.150 e. The highest BCUT2D eigenvalue weighted by Gasteiger charge is 2.25. The molecule has 0 radical (unpaired) electrons. The van der Waals surface area contributed by atoms with Crippen LogP contribution >= 0.6 is 0 Å². The van der Waals surface area contributed by atoms with Gasteiger partial charge in [-0.05, 0) is 29.8 Å². The van der Waals surface area contributed by atoms with Crippen LogP contribution in [-0.2, 0) is 6.54 Å². The van der Waals surface area contributed by atoms with Gasteiger partial charge in [-0.15, -0.1) is 0 Å². The number of fused-ring (bicyclic) bond motifs is 1. The zero-order valence-electron chi connectivity index (χ0n) is 20.5. The third kappa shape index (κ3) is 4.32. The van der Waals surface area contributed by atoms with Crippen LogP contribution in [0.1, 0.15) is 5.56 Å². The molecule has 0 spiro atoms. The number of piperazine rings is 1. The number of hydrogen-bond acceptors (Lipinski definition) is 4. The standard InChI is InChI=1S/C30H29N5O/c1-36-26-14-12-25(13-15-26)35-21-27(24-10-6-3-7-11-24)28-29(31-22-32-30(28)35)34-18-16-33(17-19-34)20-23-8-4-2-5-9-23/h2-15,21-22H,16-20H2,1H3/p+1. The van der Waals surface area contributed by atoms with Crippen molar-refractivity contribution < 1.29 is 9.64 Å². The van der Waals surface area contributed by atoms with Gasteiger partial charge in [0.25, 0.3) is 0 Å². The van der Waals surface area contributed by atoms with E-state index in [2.05, 4.69) is 88.5 Å². The first-order chi connectivity index (χ1) is 17.8. The minimum absolute atomic E-state index is 0.838. The zero-order chi connectivity index (χ0) is 24.3. The summed E-state index contributed by atoms with van der Waals surface area (Å²) in [6.45, 7) is 5.17. The van der Waals surface area contributed by atoms with E-state index in [-0.39, 0.29) is 0 Å². The predicted molar refractivity (Wildman–Crippen MR) is 144 cm³/mol. The number of nitrogens with one attached hydrogen (secondary N) is 1. The van der Waals surface area contributed by atoms with Crippen molar-refractivity contribution in [1.29, 1.82) is 0 Å². The largest absolute Gasteiger partial charge is 0.497 e. The lowest BCUT2D eigenvalue weighted by Gasteiger charge is -2.33. The molecule has 6 rings (SSSR count). The Morgan fingerprint density at radius 2 is 1.53 bits per heavy atom. The van der Waals surface area contributed by atoms with E-state index in [1.165, 1.54) is 11.1 Å². The van der Waals surface area contributed by atoms with Crippen molar-refractivity contribution in [2.24, 2.45) is 0 Å². The SMILES string of the molecule is COc1ccc(-n2cc(-c3ccccc3)c3c(N4CC[NH+](Cc5ccccc5)CC4)ncnc32)cc1. The first kappa shape index (κ1) is 22.3. The quantitative estimate of drug-likeness (QED) is 0.403. The first-order valence-electron chi connectivity index (χ1n) is 12.5. The Kier molecular flexibility index (Phi) is 6.10. The molecule has 1 aliphatic heterocycles. The lowest BCUT2D eigenvalue weighted by molar-refractivity contribution is -0.914. The van der Waals surface area contributed by atoms with Gasteiger partial charge in [0, 0.05) is 23.0 Å². The van der Waals surface area contributed by atoms with Gasteiger partial charge in [0.15, 0.2) is 5.65 Å². The molecular formula is C30H30N5O+. The Hall–Kier alpha value is -4.16. The number of hydrogen-bond donors (Lipinski definition) is 1. The van der Waals surface area contributed by atoms with Gasteiger partial charge in [0.1, 0.15) is 24.4 Å². The molecule has 3 aromatic carbocycles. The molecule has 6 nitrogen and oxygen atoms in total. The van der Waals surface area contributed by atoms with Crippen molar-refractivity contribution in [3.63, 3.8) is 0 Å².